The summed E-state index contributed by atoms with van der Waals surface area (Å²) in [4.78, 5) is -1.67. The van der Waals surface area contributed by atoms with E-state index >= 15 is 0 Å². The third-order valence-corrected chi connectivity index (χ3v) is 16.1. The minimum atomic E-state index is -4.69. The lowest BCUT2D eigenvalue weighted by molar-refractivity contribution is 0.201. The van der Waals surface area contributed by atoms with Crippen molar-refractivity contribution in [3.05, 3.63) is 34.9 Å². The molecule has 224 valence electrons. The lowest BCUT2D eigenvalue weighted by atomic mass is 10.0. The van der Waals surface area contributed by atoms with Crippen molar-refractivity contribution in [2.45, 2.75) is 130 Å². The Bertz CT molecular complexity index is 948. The lowest BCUT2D eigenvalue weighted by Gasteiger charge is -2.39. The van der Waals surface area contributed by atoms with Crippen LogP contribution in [0, 0.1) is 0 Å². The van der Waals surface area contributed by atoms with Crippen LogP contribution in [0.1, 0.15) is 101 Å². The van der Waals surface area contributed by atoms with E-state index in [0.29, 0.717) is 0 Å². The largest absolute Gasteiger partial charge is 0.411 e. The molecule has 10 heteroatoms. The van der Waals surface area contributed by atoms with Gasteiger partial charge in [0.25, 0.3) is 10.1 Å². The van der Waals surface area contributed by atoms with Gasteiger partial charge in [-0.1, -0.05) is 55.7 Å². The van der Waals surface area contributed by atoms with Gasteiger partial charge in [0.05, 0.1) is 19.3 Å². The first kappa shape index (κ1) is 37.5. The highest BCUT2D eigenvalue weighted by Crippen LogP contribution is 2.56. The summed E-state index contributed by atoms with van der Waals surface area (Å²) in [6, 6.07) is 0. The summed E-state index contributed by atoms with van der Waals surface area (Å²) in [5.41, 5.74) is 3.84. The molecule has 0 radical (unpaired) electrons. The molecule has 0 fully saturated rings. The summed E-state index contributed by atoms with van der Waals surface area (Å²) in [7, 11) is -11.0. The molecular formula is C28H55O7PSSi. The maximum atomic E-state index is 13.3. The fourth-order valence-electron chi connectivity index (χ4n) is 3.71. The highest BCUT2D eigenvalue weighted by atomic mass is 32.2. The minimum Gasteiger partial charge on any atom is -0.411 e. The Morgan fingerprint density at radius 1 is 0.921 bits per heavy atom. The summed E-state index contributed by atoms with van der Waals surface area (Å²) in [6.45, 7) is 22.4. The molecule has 0 bridgehead atoms. The van der Waals surface area contributed by atoms with Crippen LogP contribution in [-0.2, 0) is 28.2 Å². The van der Waals surface area contributed by atoms with Crippen molar-refractivity contribution < 1.29 is 31.0 Å². The second-order valence-electron chi connectivity index (χ2n) is 11.8. The van der Waals surface area contributed by atoms with Gasteiger partial charge in [-0.05, 0) is 98.2 Å². The van der Waals surface area contributed by atoms with Crippen molar-refractivity contribution in [2.75, 3.05) is 13.2 Å². The number of rotatable bonds is 18. The maximum Gasteiger partial charge on any atom is 0.351 e. The van der Waals surface area contributed by atoms with Crippen LogP contribution in [-0.4, -0.2) is 45.6 Å². The Morgan fingerprint density at radius 3 is 1.87 bits per heavy atom. The molecule has 0 aliphatic carbocycles. The van der Waals surface area contributed by atoms with Crippen LogP contribution in [0.3, 0.4) is 0 Å². The van der Waals surface area contributed by atoms with Gasteiger partial charge < -0.3 is 13.5 Å². The number of allylic oxidation sites excluding steroid dienone is 5. The number of hydrogen-bond acceptors (Lipinski definition) is 6. The summed E-state index contributed by atoms with van der Waals surface area (Å²) >= 11 is 0. The predicted octanol–water partition coefficient (Wildman–Crippen LogP) is 9.06. The van der Waals surface area contributed by atoms with Gasteiger partial charge in [-0.3, -0.25) is 9.12 Å². The van der Waals surface area contributed by atoms with Crippen LogP contribution in [0.4, 0.5) is 0 Å². The van der Waals surface area contributed by atoms with Crippen LogP contribution >= 0.6 is 7.60 Å². The molecule has 1 N–H and O–H groups in total. The van der Waals surface area contributed by atoms with Crippen LogP contribution in [0.15, 0.2) is 34.9 Å². The monoisotopic (exact) mass is 594 g/mol. The molecule has 0 rings (SSSR count). The standard InChI is InChI=1S/C28H55O7PSSi/c1-12-33-36(29,34-13-2)27(37(30,31)32)21-20-26(35-38(10,11)28(7,8)9)22-25(6)19-15-18-24(5)17-14-16-23(3)4/h16,18,22,26-27H,12-15,17,19-21H2,1-11H3,(H,30,31,32). The maximum absolute atomic E-state index is 13.3. The SMILES string of the molecule is CCOP(=O)(OCC)C(CCC(C=C(C)CCC=C(C)CCC=C(C)C)O[Si](C)(C)C(C)(C)C)S(=O)(=O)O. The zero-order chi connectivity index (χ0) is 29.8. The van der Waals surface area contributed by atoms with Gasteiger partial charge in [-0.15, -0.1) is 0 Å². The van der Waals surface area contributed by atoms with Gasteiger partial charge in [0.15, 0.2) is 13.3 Å². The van der Waals surface area contributed by atoms with E-state index in [1.807, 2.05) is 0 Å². The van der Waals surface area contributed by atoms with Crippen molar-refractivity contribution in [3.63, 3.8) is 0 Å². The highest BCUT2D eigenvalue weighted by molar-refractivity contribution is 7.94. The van der Waals surface area contributed by atoms with Crippen LogP contribution in [0.5, 0.6) is 0 Å². The molecule has 0 aromatic carbocycles. The molecule has 38 heavy (non-hydrogen) atoms. The van der Waals surface area contributed by atoms with E-state index in [0.717, 1.165) is 31.3 Å². The summed E-state index contributed by atoms with van der Waals surface area (Å²) in [6.07, 6.45) is 10.2. The summed E-state index contributed by atoms with van der Waals surface area (Å²) in [5.74, 6) is 0. The predicted molar refractivity (Wildman–Crippen MR) is 163 cm³/mol. The van der Waals surface area contributed by atoms with Crippen LogP contribution in [0.25, 0.3) is 0 Å². The van der Waals surface area contributed by atoms with E-state index < -0.39 is 31.0 Å². The molecule has 0 aromatic heterocycles. The Hall–Kier alpha value is -0.543. The summed E-state index contributed by atoms with van der Waals surface area (Å²) < 4.78 is 65.1. The van der Waals surface area contributed by atoms with Gasteiger partial charge in [-0.2, -0.15) is 8.42 Å². The molecule has 2 unspecified atom stereocenters. The van der Waals surface area contributed by atoms with Gasteiger partial charge in [0.1, 0.15) is 0 Å². The zero-order valence-corrected chi connectivity index (χ0v) is 28.5. The van der Waals surface area contributed by atoms with Crippen molar-refractivity contribution in [3.8, 4) is 0 Å². The quantitative estimate of drug-likeness (QED) is 0.0731. The molecule has 2 atom stereocenters. The molecule has 0 heterocycles. The number of hydrogen-bond donors (Lipinski definition) is 1. The third-order valence-electron chi connectivity index (χ3n) is 6.86. The van der Waals surface area contributed by atoms with E-state index in [1.165, 1.54) is 11.1 Å². The normalized spacial score (nSPS) is 15.9. The van der Waals surface area contributed by atoms with E-state index in [2.05, 4.69) is 79.8 Å². The Morgan fingerprint density at radius 2 is 1.42 bits per heavy atom. The van der Waals surface area contributed by atoms with Gasteiger partial charge >= 0.3 is 7.60 Å². The van der Waals surface area contributed by atoms with Crippen molar-refractivity contribution in [1.29, 1.82) is 0 Å². The van der Waals surface area contributed by atoms with E-state index in [4.69, 9.17) is 13.5 Å². The average molecular weight is 595 g/mol. The Labute approximate surface area is 234 Å². The minimum absolute atomic E-state index is 0.00742. The topological polar surface area (TPSA) is 99.1 Å². The van der Waals surface area contributed by atoms with E-state index in [-0.39, 0.29) is 37.2 Å². The first-order valence-electron chi connectivity index (χ1n) is 13.8. The van der Waals surface area contributed by atoms with Gasteiger partial charge in [0.2, 0.25) is 0 Å². The van der Waals surface area contributed by atoms with Gasteiger partial charge in [-0.25, -0.2) is 0 Å². The molecule has 0 aliphatic heterocycles. The molecule has 0 spiro atoms. The molecular weight excluding hydrogens is 539 g/mol. The third kappa shape index (κ3) is 14.2. The second kappa shape index (κ2) is 16.7. The van der Waals surface area contributed by atoms with Crippen molar-refractivity contribution >= 4 is 26.0 Å². The molecule has 0 saturated carbocycles. The van der Waals surface area contributed by atoms with Crippen molar-refractivity contribution in [2.24, 2.45) is 0 Å². The zero-order valence-electron chi connectivity index (χ0n) is 25.8. The molecule has 0 amide bonds. The molecule has 0 aliphatic rings. The Kier molecular flexibility index (Phi) is 16.4. The molecule has 7 nitrogen and oxygen atoms in total. The molecule has 0 saturated heterocycles. The first-order chi connectivity index (χ1) is 17.3. The fraction of sp³-hybridized carbons (Fsp3) is 0.786. The fourth-order valence-corrected chi connectivity index (χ4v) is 8.70. The lowest BCUT2D eigenvalue weighted by Crippen LogP contribution is -2.43. The Balaban J connectivity index is 5.85. The van der Waals surface area contributed by atoms with E-state index in [1.54, 1.807) is 13.8 Å². The second-order valence-corrected chi connectivity index (χ2v) is 20.7. The van der Waals surface area contributed by atoms with Crippen LogP contribution < -0.4 is 0 Å². The molecule has 0 aromatic rings. The van der Waals surface area contributed by atoms with Crippen LogP contribution in [0.2, 0.25) is 18.1 Å². The van der Waals surface area contributed by atoms with Crippen molar-refractivity contribution in [1.82, 2.24) is 0 Å². The highest BCUT2D eigenvalue weighted by Gasteiger charge is 2.45. The first-order valence-corrected chi connectivity index (χ1v) is 19.8. The van der Waals surface area contributed by atoms with E-state index in [9.17, 15) is 17.5 Å². The smallest absolute Gasteiger partial charge is 0.351 e. The summed E-state index contributed by atoms with van der Waals surface area (Å²) in [5, 5.41) is -0.0491. The van der Waals surface area contributed by atoms with Gasteiger partial charge in [0, 0.05) is 0 Å². The average Bonchev–Trinajstić information content (AvgIpc) is 2.71.